The first-order valence-corrected chi connectivity index (χ1v) is 8.55. The molecule has 2 aromatic carbocycles. The lowest BCUT2D eigenvalue weighted by Gasteiger charge is -2.34. The topological polar surface area (TPSA) is 76.4 Å². The minimum atomic E-state index is -0.203. The smallest absolute Gasteiger partial charge is 0.321 e. The van der Waals surface area contributed by atoms with Gasteiger partial charge in [-0.25, -0.2) is 4.79 Å². The fourth-order valence-electron chi connectivity index (χ4n) is 2.75. The summed E-state index contributed by atoms with van der Waals surface area (Å²) in [6.07, 6.45) is 0. The van der Waals surface area contributed by atoms with Crippen molar-refractivity contribution in [3.05, 3.63) is 64.7 Å². The molecule has 1 N–H and O–H groups in total. The Bertz CT molecular complexity index is 853. The second-order valence-electron chi connectivity index (χ2n) is 5.91. The zero-order valence-corrected chi connectivity index (χ0v) is 14.7. The van der Waals surface area contributed by atoms with Crippen molar-refractivity contribution < 1.29 is 9.59 Å². The highest BCUT2D eigenvalue weighted by atomic mass is 35.5. The van der Waals surface area contributed by atoms with Gasteiger partial charge in [0.15, 0.2) is 0 Å². The maximum atomic E-state index is 12.6. The summed E-state index contributed by atoms with van der Waals surface area (Å²) >= 11 is 5.83. The maximum Gasteiger partial charge on any atom is 0.321 e. The number of nitrogens with zero attached hydrogens (tertiary/aromatic N) is 3. The number of urea groups is 1. The third-order valence-electron chi connectivity index (χ3n) is 4.19. The molecule has 7 heteroatoms. The molecule has 0 atom stereocenters. The van der Waals surface area contributed by atoms with E-state index in [-0.39, 0.29) is 11.9 Å². The first kappa shape index (κ1) is 17.8. The highest BCUT2D eigenvalue weighted by Gasteiger charge is 2.25. The number of benzene rings is 2. The molecule has 1 aliphatic heterocycles. The van der Waals surface area contributed by atoms with Crippen molar-refractivity contribution in [2.45, 2.75) is 0 Å². The predicted molar refractivity (Wildman–Crippen MR) is 99.1 cm³/mol. The Kier molecular flexibility index (Phi) is 5.40. The monoisotopic (exact) mass is 368 g/mol. The summed E-state index contributed by atoms with van der Waals surface area (Å²) in [5.74, 6) is -0.125. The van der Waals surface area contributed by atoms with Crippen LogP contribution in [0.25, 0.3) is 0 Å². The van der Waals surface area contributed by atoms with E-state index in [0.717, 1.165) is 0 Å². The average Bonchev–Trinajstić information content (AvgIpc) is 2.69. The Morgan fingerprint density at radius 2 is 1.65 bits per heavy atom. The zero-order chi connectivity index (χ0) is 18.5. The van der Waals surface area contributed by atoms with Gasteiger partial charge in [-0.05, 0) is 42.5 Å². The van der Waals surface area contributed by atoms with Crippen LogP contribution in [0.15, 0.2) is 48.5 Å². The fraction of sp³-hybridized carbons (Fsp3) is 0.211. The first-order chi connectivity index (χ1) is 12.6. The molecular formula is C19H17ClN4O2. The first-order valence-electron chi connectivity index (χ1n) is 8.18. The Labute approximate surface area is 156 Å². The van der Waals surface area contributed by atoms with Crippen LogP contribution in [-0.4, -0.2) is 47.9 Å². The van der Waals surface area contributed by atoms with Crippen molar-refractivity contribution in [2.75, 3.05) is 31.5 Å². The number of nitrogens with one attached hydrogen (secondary N) is 1. The summed E-state index contributed by atoms with van der Waals surface area (Å²) < 4.78 is 0. The molecule has 6 nitrogen and oxygen atoms in total. The molecule has 3 rings (SSSR count). The van der Waals surface area contributed by atoms with Crippen LogP contribution in [-0.2, 0) is 0 Å². The van der Waals surface area contributed by atoms with E-state index < -0.39 is 0 Å². The molecule has 0 radical (unpaired) electrons. The number of carbonyl (C=O) groups excluding carboxylic acids is 2. The van der Waals surface area contributed by atoms with E-state index >= 15 is 0 Å². The largest absolute Gasteiger partial charge is 0.335 e. The van der Waals surface area contributed by atoms with Gasteiger partial charge in [0.2, 0.25) is 0 Å². The molecule has 0 bridgehead atoms. The number of carbonyl (C=O) groups is 2. The molecule has 0 aliphatic carbocycles. The lowest BCUT2D eigenvalue weighted by molar-refractivity contribution is 0.0671. The van der Waals surface area contributed by atoms with Gasteiger partial charge in [0.1, 0.15) is 0 Å². The molecule has 3 amide bonds. The van der Waals surface area contributed by atoms with Crippen LogP contribution in [0.2, 0.25) is 5.02 Å². The molecule has 1 fully saturated rings. The standard InChI is InChI=1S/C19H17ClN4O2/c20-16-4-6-17(7-5-16)22-19(26)24-10-8-23(9-11-24)18(25)15-3-1-2-14(12-15)13-21/h1-7,12H,8-11H2,(H,22,26). The minimum absolute atomic E-state index is 0.125. The van der Waals surface area contributed by atoms with Crippen molar-refractivity contribution in [3.63, 3.8) is 0 Å². The number of hydrogen-bond donors (Lipinski definition) is 1. The number of nitriles is 1. The summed E-state index contributed by atoms with van der Waals surface area (Å²) in [7, 11) is 0. The number of piperazine rings is 1. The molecule has 132 valence electrons. The normalized spacial score (nSPS) is 13.8. The quantitative estimate of drug-likeness (QED) is 0.884. The molecule has 26 heavy (non-hydrogen) atoms. The second-order valence-corrected chi connectivity index (χ2v) is 6.35. The molecule has 0 saturated carbocycles. The highest BCUT2D eigenvalue weighted by molar-refractivity contribution is 6.30. The Morgan fingerprint density at radius 1 is 1.00 bits per heavy atom. The van der Waals surface area contributed by atoms with Crippen LogP contribution < -0.4 is 5.32 Å². The lowest BCUT2D eigenvalue weighted by atomic mass is 10.1. The van der Waals surface area contributed by atoms with Gasteiger partial charge in [0.25, 0.3) is 5.91 Å². The van der Waals surface area contributed by atoms with Crippen LogP contribution in [0.1, 0.15) is 15.9 Å². The summed E-state index contributed by atoms with van der Waals surface area (Å²) in [5.41, 5.74) is 1.62. The van der Waals surface area contributed by atoms with E-state index in [4.69, 9.17) is 16.9 Å². The van der Waals surface area contributed by atoms with Gasteiger partial charge in [0, 0.05) is 42.5 Å². The van der Waals surface area contributed by atoms with E-state index in [1.807, 2.05) is 6.07 Å². The van der Waals surface area contributed by atoms with E-state index in [2.05, 4.69) is 5.32 Å². The lowest BCUT2D eigenvalue weighted by Crippen LogP contribution is -2.51. The molecule has 0 spiro atoms. The van der Waals surface area contributed by atoms with Gasteiger partial charge >= 0.3 is 6.03 Å². The number of amides is 3. The number of halogens is 1. The summed E-state index contributed by atoms with van der Waals surface area (Å²) in [6, 6.07) is 15.4. The minimum Gasteiger partial charge on any atom is -0.335 e. The van der Waals surface area contributed by atoms with E-state index in [9.17, 15) is 9.59 Å². The zero-order valence-electron chi connectivity index (χ0n) is 14.0. The summed E-state index contributed by atoms with van der Waals surface area (Å²) in [6.45, 7) is 1.79. The van der Waals surface area contributed by atoms with Gasteiger partial charge < -0.3 is 15.1 Å². The van der Waals surface area contributed by atoms with Gasteiger partial charge in [-0.1, -0.05) is 17.7 Å². The Balaban J connectivity index is 1.56. The van der Waals surface area contributed by atoms with Crippen LogP contribution >= 0.6 is 11.6 Å². The van der Waals surface area contributed by atoms with Crippen molar-refractivity contribution >= 4 is 29.2 Å². The van der Waals surface area contributed by atoms with Crippen molar-refractivity contribution in [1.29, 1.82) is 5.26 Å². The van der Waals surface area contributed by atoms with Crippen molar-refractivity contribution in [2.24, 2.45) is 0 Å². The van der Waals surface area contributed by atoms with Gasteiger partial charge in [-0.2, -0.15) is 5.26 Å². The van der Waals surface area contributed by atoms with E-state index in [0.29, 0.717) is 48.0 Å². The van der Waals surface area contributed by atoms with Crippen LogP contribution in [0.5, 0.6) is 0 Å². The number of hydrogen-bond acceptors (Lipinski definition) is 3. The van der Waals surface area contributed by atoms with Gasteiger partial charge in [-0.15, -0.1) is 0 Å². The summed E-state index contributed by atoms with van der Waals surface area (Å²) in [5, 5.41) is 12.4. The van der Waals surface area contributed by atoms with Crippen molar-refractivity contribution in [1.82, 2.24) is 9.80 Å². The fourth-order valence-corrected chi connectivity index (χ4v) is 2.88. The Hall–Kier alpha value is -3.04. The van der Waals surface area contributed by atoms with Gasteiger partial charge in [0.05, 0.1) is 11.6 Å². The van der Waals surface area contributed by atoms with Crippen LogP contribution in [0.4, 0.5) is 10.5 Å². The summed E-state index contributed by atoms with van der Waals surface area (Å²) in [4.78, 5) is 28.2. The molecule has 2 aromatic rings. The van der Waals surface area contributed by atoms with Crippen LogP contribution in [0.3, 0.4) is 0 Å². The second kappa shape index (κ2) is 7.89. The third-order valence-corrected chi connectivity index (χ3v) is 4.44. The molecule has 0 unspecified atom stereocenters. The highest BCUT2D eigenvalue weighted by Crippen LogP contribution is 2.15. The van der Waals surface area contributed by atoms with E-state index in [1.165, 1.54) is 0 Å². The average molecular weight is 369 g/mol. The molecular weight excluding hydrogens is 352 g/mol. The molecule has 1 saturated heterocycles. The molecule has 1 aliphatic rings. The molecule has 0 aromatic heterocycles. The van der Waals surface area contributed by atoms with Crippen molar-refractivity contribution in [3.8, 4) is 6.07 Å². The third kappa shape index (κ3) is 4.13. The SMILES string of the molecule is N#Cc1cccc(C(=O)N2CCN(C(=O)Nc3ccc(Cl)cc3)CC2)c1. The number of rotatable bonds is 2. The van der Waals surface area contributed by atoms with E-state index in [1.54, 1.807) is 58.3 Å². The molecule has 1 heterocycles. The maximum absolute atomic E-state index is 12.6. The van der Waals surface area contributed by atoms with Gasteiger partial charge in [-0.3, -0.25) is 4.79 Å². The van der Waals surface area contributed by atoms with Crippen LogP contribution in [0, 0.1) is 11.3 Å². The number of anilines is 1. The Morgan fingerprint density at radius 3 is 2.31 bits per heavy atom. The predicted octanol–water partition coefficient (Wildman–Crippen LogP) is 3.20.